The van der Waals surface area contributed by atoms with Gasteiger partial charge in [0.1, 0.15) is 27.9 Å². The molecule has 11 heteroatoms. The van der Waals surface area contributed by atoms with Crippen molar-refractivity contribution in [3.63, 3.8) is 0 Å². The molecular formula is C24H29N3O6S2. The topological polar surface area (TPSA) is 90.4 Å². The van der Waals surface area contributed by atoms with Gasteiger partial charge < -0.3 is 23.8 Å². The summed E-state index contributed by atoms with van der Waals surface area (Å²) in [6.07, 6.45) is 0.633. The fourth-order valence-corrected chi connectivity index (χ4v) is 6.43. The highest BCUT2D eigenvalue weighted by Crippen LogP contribution is 2.32. The summed E-state index contributed by atoms with van der Waals surface area (Å²) in [4.78, 5) is 7.02. The smallest absolute Gasteiger partial charge is 0.247 e. The molecule has 188 valence electrons. The molecule has 0 spiro atoms. The number of hydrogen-bond acceptors (Lipinski definition) is 9. The minimum atomic E-state index is -3.73. The van der Waals surface area contributed by atoms with Crippen LogP contribution in [0.15, 0.2) is 46.7 Å². The zero-order chi connectivity index (χ0) is 25.0. The lowest BCUT2D eigenvalue weighted by atomic mass is 10.1. The van der Waals surface area contributed by atoms with Gasteiger partial charge in [-0.25, -0.2) is 13.4 Å². The summed E-state index contributed by atoms with van der Waals surface area (Å²) in [5.41, 5.74) is 1.96. The highest BCUT2D eigenvalue weighted by atomic mass is 32.2. The number of sulfonamides is 1. The number of hydrogen-bond donors (Lipinski definition) is 0. The van der Waals surface area contributed by atoms with Crippen molar-refractivity contribution in [3.05, 3.63) is 53.0 Å². The Hall–Kier alpha value is -3.02. The van der Waals surface area contributed by atoms with Crippen LogP contribution in [0.5, 0.6) is 23.0 Å². The molecule has 0 N–H and O–H groups in total. The minimum absolute atomic E-state index is 0.109. The van der Waals surface area contributed by atoms with Crippen molar-refractivity contribution in [2.45, 2.75) is 11.3 Å². The second kappa shape index (κ2) is 10.7. The second-order valence-corrected chi connectivity index (χ2v) is 10.6. The van der Waals surface area contributed by atoms with Crippen LogP contribution in [0.2, 0.25) is 0 Å². The Morgan fingerprint density at radius 2 is 1.51 bits per heavy atom. The van der Waals surface area contributed by atoms with Crippen LogP contribution in [0.25, 0.3) is 0 Å². The quantitative estimate of drug-likeness (QED) is 0.426. The monoisotopic (exact) mass is 519 g/mol. The molecule has 9 nitrogen and oxygen atoms in total. The molecule has 3 aromatic rings. The van der Waals surface area contributed by atoms with Crippen LogP contribution in [0, 0.1) is 0 Å². The Morgan fingerprint density at radius 1 is 0.857 bits per heavy atom. The van der Waals surface area contributed by atoms with Gasteiger partial charge in [0.25, 0.3) is 0 Å². The average Bonchev–Trinajstić information content (AvgIpc) is 3.37. The minimum Gasteiger partial charge on any atom is -0.497 e. The van der Waals surface area contributed by atoms with Crippen molar-refractivity contribution >= 4 is 26.5 Å². The fraction of sp³-hybridized carbons (Fsp3) is 0.375. The fourth-order valence-electron chi connectivity index (χ4n) is 3.96. The molecule has 0 radical (unpaired) electrons. The molecule has 1 aliphatic rings. The molecular weight excluding hydrogens is 490 g/mol. The van der Waals surface area contributed by atoms with Crippen LogP contribution in [-0.4, -0.2) is 72.3 Å². The Morgan fingerprint density at radius 3 is 2.17 bits per heavy atom. The maximum Gasteiger partial charge on any atom is 0.247 e. The van der Waals surface area contributed by atoms with Gasteiger partial charge in [-0.2, -0.15) is 4.31 Å². The number of benzene rings is 2. The van der Waals surface area contributed by atoms with Crippen molar-refractivity contribution in [2.24, 2.45) is 0 Å². The molecule has 1 saturated heterocycles. The first-order valence-corrected chi connectivity index (χ1v) is 13.3. The third-order valence-electron chi connectivity index (χ3n) is 5.90. The molecule has 0 bridgehead atoms. The van der Waals surface area contributed by atoms with E-state index >= 15 is 0 Å². The largest absolute Gasteiger partial charge is 0.497 e. The normalized spacial score (nSPS) is 14.6. The van der Waals surface area contributed by atoms with Gasteiger partial charge in [0, 0.05) is 55.7 Å². The molecule has 0 atom stereocenters. The Labute approximate surface area is 209 Å². The van der Waals surface area contributed by atoms with E-state index in [1.807, 2.05) is 23.6 Å². The van der Waals surface area contributed by atoms with E-state index in [0.717, 1.165) is 27.9 Å². The molecule has 0 saturated carbocycles. The number of ether oxygens (including phenoxy) is 4. The Bertz CT molecular complexity index is 1270. The van der Waals surface area contributed by atoms with Crippen molar-refractivity contribution < 1.29 is 27.4 Å². The zero-order valence-corrected chi connectivity index (χ0v) is 21.8. The number of rotatable bonds is 9. The van der Waals surface area contributed by atoms with Crippen molar-refractivity contribution in [1.82, 2.24) is 9.29 Å². The lowest BCUT2D eigenvalue weighted by Gasteiger charge is -2.34. The molecule has 4 rings (SSSR count). The van der Waals surface area contributed by atoms with E-state index in [0.29, 0.717) is 44.1 Å². The van der Waals surface area contributed by atoms with Crippen LogP contribution >= 0.6 is 11.3 Å². The Balaban J connectivity index is 1.44. The maximum atomic E-state index is 13.3. The lowest BCUT2D eigenvalue weighted by molar-refractivity contribution is 0.370. The van der Waals surface area contributed by atoms with E-state index < -0.39 is 10.0 Å². The van der Waals surface area contributed by atoms with Gasteiger partial charge in [-0.3, -0.25) is 0 Å². The molecule has 1 aromatic heterocycles. The number of aromatic nitrogens is 1. The molecule has 1 aliphatic heterocycles. The van der Waals surface area contributed by atoms with Gasteiger partial charge in [-0.05, 0) is 18.2 Å². The van der Waals surface area contributed by atoms with Crippen LogP contribution in [0.1, 0.15) is 11.3 Å². The van der Waals surface area contributed by atoms with Gasteiger partial charge in [0.05, 0.1) is 34.1 Å². The molecule has 1 fully saturated rings. The SMILES string of the molecule is COc1ccc(Cc2csc(N3CCN(S(=O)(=O)c4cc(OC)ccc4OC)CC3)n2)c(OC)c1. The predicted molar refractivity (Wildman–Crippen MR) is 135 cm³/mol. The lowest BCUT2D eigenvalue weighted by Crippen LogP contribution is -2.48. The van der Waals surface area contributed by atoms with Crippen LogP contribution in [-0.2, 0) is 16.4 Å². The van der Waals surface area contributed by atoms with Gasteiger partial charge >= 0.3 is 0 Å². The number of thiazole rings is 1. The van der Waals surface area contributed by atoms with Crippen molar-refractivity contribution in [2.75, 3.05) is 59.5 Å². The summed E-state index contributed by atoms with van der Waals surface area (Å²) in [6.45, 7) is 1.79. The van der Waals surface area contributed by atoms with Gasteiger partial charge in [-0.1, -0.05) is 6.07 Å². The molecule has 2 heterocycles. The van der Waals surface area contributed by atoms with E-state index in [9.17, 15) is 8.42 Å². The number of anilines is 1. The number of methoxy groups -OCH3 is 4. The van der Waals surface area contributed by atoms with E-state index in [2.05, 4.69) is 4.90 Å². The maximum absolute atomic E-state index is 13.3. The molecule has 0 unspecified atom stereocenters. The molecule has 35 heavy (non-hydrogen) atoms. The van der Waals surface area contributed by atoms with E-state index in [4.69, 9.17) is 23.9 Å². The second-order valence-electron chi connectivity index (χ2n) is 7.88. The van der Waals surface area contributed by atoms with Gasteiger partial charge in [0.15, 0.2) is 5.13 Å². The first-order valence-electron chi connectivity index (χ1n) is 11.0. The van der Waals surface area contributed by atoms with Gasteiger partial charge in [-0.15, -0.1) is 11.3 Å². The van der Waals surface area contributed by atoms with E-state index in [1.54, 1.807) is 37.7 Å². The molecule has 2 aromatic carbocycles. The first-order chi connectivity index (χ1) is 16.9. The van der Waals surface area contributed by atoms with Crippen LogP contribution in [0.3, 0.4) is 0 Å². The molecule has 0 aliphatic carbocycles. The number of piperazine rings is 1. The highest BCUT2D eigenvalue weighted by molar-refractivity contribution is 7.89. The van der Waals surface area contributed by atoms with Crippen molar-refractivity contribution in [1.29, 1.82) is 0 Å². The van der Waals surface area contributed by atoms with Crippen LogP contribution < -0.4 is 23.8 Å². The predicted octanol–water partition coefficient (Wildman–Crippen LogP) is 3.28. The summed E-state index contributed by atoms with van der Waals surface area (Å²) in [5, 5.41) is 2.91. The average molecular weight is 520 g/mol. The van der Waals surface area contributed by atoms with E-state index in [-0.39, 0.29) is 4.90 Å². The summed E-state index contributed by atoms with van der Waals surface area (Å²) >= 11 is 1.56. The third kappa shape index (κ3) is 5.31. The van der Waals surface area contributed by atoms with E-state index in [1.165, 1.54) is 24.6 Å². The van der Waals surface area contributed by atoms with Gasteiger partial charge in [0.2, 0.25) is 10.0 Å². The summed E-state index contributed by atoms with van der Waals surface area (Å²) < 4.78 is 49.4. The summed E-state index contributed by atoms with van der Waals surface area (Å²) in [5.74, 6) is 2.26. The number of nitrogens with zero attached hydrogens (tertiary/aromatic N) is 3. The first kappa shape index (κ1) is 25.1. The van der Waals surface area contributed by atoms with Crippen LogP contribution in [0.4, 0.5) is 5.13 Å². The summed E-state index contributed by atoms with van der Waals surface area (Å²) in [6, 6.07) is 10.5. The summed E-state index contributed by atoms with van der Waals surface area (Å²) in [7, 11) is 2.49. The van der Waals surface area contributed by atoms with Crippen molar-refractivity contribution in [3.8, 4) is 23.0 Å². The highest BCUT2D eigenvalue weighted by Gasteiger charge is 2.32. The standard InChI is InChI=1S/C24H29N3O6S2/c1-30-19-6-5-17(22(14-19)33-4)13-18-16-34-24(25-18)26-9-11-27(12-10-26)35(28,29)23-15-20(31-2)7-8-21(23)32-3/h5-8,14-16H,9-13H2,1-4H3. The zero-order valence-electron chi connectivity index (χ0n) is 20.2. The molecule has 0 amide bonds. The Kier molecular flexibility index (Phi) is 7.68. The third-order valence-corrected chi connectivity index (χ3v) is 8.77.